The Kier molecular flexibility index (Phi) is 6.56. The Morgan fingerprint density at radius 3 is 2.44 bits per heavy atom. The van der Waals surface area contributed by atoms with Gasteiger partial charge in [0.25, 0.3) is 0 Å². The molecule has 0 unspecified atom stereocenters. The van der Waals surface area contributed by atoms with Crippen LogP contribution in [0.3, 0.4) is 0 Å². The summed E-state index contributed by atoms with van der Waals surface area (Å²) in [7, 11) is 1.59. The third-order valence-electron chi connectivity index (χ3n) is 5.22. The zero-order valence-electron chi connectivity index (χ0n) is 18.0. The maximum atomic E-state index is 13.5. The lowest BCUT2D eigenvalue weighted by atomic mass is 9.99. The minimum absolute atomic E-state index is 0.0493. The van der Waals surface area contributed by atoms with Crippen molar-refractivity contribution in [1.29, 1.82) is 0 Å². The number of fused-ring (bicyclic) bond motifs is 1. The normalized spacial score (nSPS) is 11.3. The van der Waals surface area contributed by atoms with Crippen molar-refractivity contribution >= 4 is 39.6 Å². The second-order valence-corrected chi connectivity index (χ2v) is 7.97. The number of pyridine rings is 1. The molecule has 4 aromatic rings. The Labute approximate surface area is 198 Å². The van der Waals surface area contributed by atoms with Crippen LogP contribution in [0.1, 0.15) is 16.7 Å². The molecule has 4 rings (SSSR count). The molecule has 0 saturated heterocycles. The van der Waals surface area contributed by atoms with E-state index < -0.39 is 17.3 Å². The van der Waals surface area contributed by atoms with Crippen LogP contribution in [-0.4, -0.2) is 17.2 Å². The average molecular weight is 484 g/mol. The molecule has 3 N–H and O–H groups in total. The standard InChI is InChI=1S/C25H20F3N3O2S/c1-33-18-9-7-17(8-10-18)29-24(34)31-21-5-3-2-4-16(21)12-15-6-11-22-19(13-15)20(25(26,27)28)14-23(32)30-22/h2-11,13-14H,12H2,1H3,(H,30,32)(H2,29,31,34). The van der Waals surface area contributed by atoms with Crippen LogP contribution in [0.15, 0.2) is 77.6 Å². The summed E-state index contributed by atoms with van der Waals surface area (Å²) >= 11 is 5.42. The summed E-state index contributed by atoms with van der Waals surface area (Å²) in [6.07, 6.45) is -4.27. The lowest BCUT2D eigenvalue weighted by Crippen LogP contribution is -2.20. The molecule has 3 aromatic carbocycles. The van der Waals surface area contributed by atoms with Crippen molar-refractivity contribution in [1.82, 2.24) is 4.98 Å². The largest absolute Gasteiger partial charge is 0.497 e. The molecule has 0 amide bonds. The molecule has 1 aromatic heterocycles. The molecule has 5 nitrogen and oxygen atoms in total. The fraction of sp³-hybridized carbons (Fsp3) is 0.120. The monoisotopic (exact) mass is 483 g/mol. The third kappa shape index (κ3) is 5.37. The Morgan fingerprint density at radius 1 is 1.00 bits per heavy atom. The van der Waals surface area contributed by atoms with Gasteiger partial charge in [-0.15, -0.1) is 0 Å². The molecular weight excluding hydrogens is 463 g/mol. The van der Waals surface area contributed by atoms with E-state index in [2.05, 4.69) is 15.6 Å². The van der Waals surface area contributed by atoms with Gasteiger partial charge < -0.3 is 20.4 Å². The molecule has 174 valence electrons. The second kappa shape index (κ2) is 9.56. The molecule has 0 atom stereocenters. The molecule has 0 spiro atoms. The van der Waals surface area contributed by atoms with Crippen molar-refractivity contribution in [2.75, 3.05) is 17.7 Å². The first-order valence-electron chi connectivity index (χ1n) is 10.3. The zero-order chi connectivity index (χ0) is 24.3. The number of H-pyrrole nitrogens is 1. The topological polar surface area (TPSA) is 66.2 Å². The predicted molar refractivity (Wildman–Crippen MR) is 132 cm³/mol. The van der Waals surface area contributed by atoms with Crippen LogP contribution in [0.25, 0.3) is 10.9 Å². The summed E-state index contributed by atoms with van der Waals surface area (Å²) in [5.74, 6) is 0.725. The quantitative estimate of drug-likeness (QED) is 0.306. The van der Waals surface area contributed by atoms with E-state index in [0.717, 1.165) is 22.7 Å². The first kappa shape index (κ1) is 23.3. The van der Waals surface area contributed by atoms with Crippen LogP contribution >= 0.6 is 12.2 Å². The van der Waals surface area contributed by atoms with Gasteiger partial charge in [0, 0.05) is 28.3 Å². The van der Waals surface area contributed by atoms with E-state index >= 15 is 0 Å². The van der Waals surface area contributed by atoms with Gasteiger partial charge in [-0.25, -0.2) is 0 Å². The van der Waals surface area contributed by atoms with Gasteiger partial charge >= 0.3 is 6.18 Å². The van der Waals surface area contributed by atoms with Crippen molar-refractivity contribution in [3.63, 3.8) is 0 Å². The Bertz CT molecular complexity index is 1400. The second-order valence-electron chi connectivity index (χ2n) is 7.57. The SMILES string of the molecule is COc1ccc(NC(=S)Nc2ccccc2Cc2ccc3[nH]c(=O)cc(C(F)(F)F)c3c2)cc1. The number of halogens is 3. The van der Waals surface area contributed by atoms with Crippen LogP contribution in [0.2, 0.25) is 0 Å². The van der Waals surface area contributed by atoms with Crippen molar-refractivity contribution in [2.45, 2.75) is 12.6 Å². The van der Waals surface area contributed by atoms with Gasteiger partial charge in [-0.3, -0.25) is 4.79 Å². The number of methoxy groups -OCH3 is 1. The van der Waals surface area contributed by atoms with E-state index in [4.69, 9.17) is 17.0 Å². The highest BCUT2D eigenvalue weighted by Gasteiger charge is 2.33. The van der Waals surface area contributed by atoms with Gasteiger partial charge in [-0.2, -0.15) is 13.2 Å². The summed E-state index contributed by atoms with van der Waals surface area (Å²) in [4.78, 5) is 14.1. The molecule has 0 saturated carbocycles. The molecule has 0 fully saturated rings. The number of thiocarbonyl (C=S) groups is 1. The average Bonchev–Trinajstić information content (AvgIpc) is 2.80. The molecule has 1 heterocycles. The van der Waals surface area contributed by atoms with Gasteiger partial charge in [-0.1, -0.05) is 24.3 Å². The number of aromatic nitrogens is 1. The van der Waals surface area contributed by atoms with Crippen LogP contribution in [0.4, 0.5) is 24.5 Å². The Balaban J connectivity index is 1.57. The zero-order valence-corrected chi connectivity index (χ0v) is 18.8. The van der Waals surface area contributed by atoms with E-state index in [0.29, 0.717) is 23.2 Å². The van der Waals surface area contributed by atoms with Gasteiger partial charge in [0.15, 0.2) is 5.11 Å². The summed E-state index contributed by atoms with van der Waals surface area (Å²) in [5, 5.41) is 6.56. The molecule has 0 aliphatic carbocycles. The fourth-order valence-electron chi connectivity index (χ4n) is 3.62. The highest BCUT2D eigenvalue weighted by molar-refractivity contribution is 7.80. The highest BCUT2D eigenvalue weighted by atomic mass is 32.1. The number of aromatic amines is 1. The third-order valence-corrected chi connectivity index (χ3v) is 5.43. The number of hydrogen-bond donors (Lipinski definition) is 3. The van der Waals surface area contributed by atoms with Gasteiger partial charge in [0.1, 0.15) is 5.75 Å². The number of rotatable bonds is 5. The maximum Gasteiger partial charge on any atom is 0.417 e. The van der Waals surface area contributed by atoms with E-state index in [1.54, 1.807) is 25.3 Å². The molecule has 0 bridgehead atoms. The minimum Gasteiger partial charge on any atom is -0.497 e. The summed E-state index contributed by atoms with van der Waals surface area (Å²) in [6, 6.07) is 19.9. The number of alkyl halides is 3. The lowest BCUT2D eigenvalue weighted by molar-refractivity contribution is -0.136. The van der Waals surface area contributed by atoms with Gasteiger partial charge in [0.2, 0.25) is 5.56 Å². The van der Waals surface area contributed by atoms with Gasteiger partial charge in [0.05, 0.1) is 12.7 Å². The Hall–Kier alpha value is -3.85. The highest BCUT2D eigenvalue weighted by Crippen LogP contribution is 2.34. The summed E-state index contributed by atoms with van der Waals surface area (Å²) in [6.45, 7) is 0. The molecule has 0 radical (unpaired) electrons. The smallest absolute Gasteiger partial charge is 0.417 e. The number of benzene rings is 3. The number of ether oxygens (including phenoxy) is 1. The van der Waals surface area contributed by atoms with Crippen molar-refractivity contribution < 1.29 is 17.9 Å². The molecule has 0 aliphatic heterocycles. The number of hydrogen-bond acceptors (Lipinski definition) is 3. The van der Waals surface area contributed by atoms with Crippen LogP contribution < -0.4 is 20.9 Å². The van der Waals surface area contributed by atoms with Crippen LogP contribution in [0.5, 0.6) is 5.75 Å². The maximum absolute atomic E-state index is 13.5. The van der Waals surface area contributed by atoms with E-state index in [9.17, 15) is 18.0 Å². The van der Waals surface area contributed by atoms with Crippen molar-refractivity contribution in [3.05, 3.63) is 99.8 Å². The number of para-hydroxylation sites is 1. The molecule has 0 aliphatic rings. The minimum atomic E-state index is -4.64. The fourth-order valence-corrected chi connectivity index (χ4v) is 3.85. The van der Waals surface area contributed by atoms with Crippen molar-refractivity contribution in [3.8, 4) is 5.75 Å². The first-order chi connectivity index (χ1) is 16.2. The lowest BCUT2D eigenvalue weighted by Gasteiger charge is -2.15. The van der Waals surface area contributed by atoms with Gasteiger partial charge in [-0.05, 0) is 72.2 Å². The van der Waals surface area contributed by atoms with E-state index in [-0.39, 0.29) is 10.9 Å². The number of anilines is 2. The van der Waals surface area contributed by atoms with E-state index in [1.165, 1.54) is 12.1 Å². The van der Waals surface area contributed by atoms with E-state index in [1.807, 2.05) is 36.4 Å². The summed E-state index contributed by atoms with van der Waals surface area (Å²) < 4.78 is 45.6. The Morgan fingerprint density at radius 2 is 1.74 bits per heavy atom. The van der Waals surface area contributed by atoms with Crippen LogP contribution in [-0.2, 0) is 12.6 Å². The summed E-state index contributed by atoms with van der Waals surface area (Å²) in [5.41, 5.74) is 1.40. The first-order valence-corrected chi connectivity index (χ1v) is 10.7. The number of nitrogens with one attached hydrogen (secondary N) is 3. The predicted octanol–water partition coefficient (Wildman–Crippen LogP) is 5.96. The molecule has 34 heavy (non-hydrogen) atoms. The van der Waals surface area contributed by atoms with Crippen LogP contribution in [0, 0.1) is 0 Å². The molecule has 9 heteroatoms. The van der Waals surface area contributed by atoms with Crippen molar-refractivity contribution in [2.24, 2.45) is 0 Å². The molecular formula is C25H20F3N3O2S.